The Morgan fingerprint density at radius 3 is 0.934 bits per heavy atom. The number of carbonyl (C=O) groups excluding carboxylic acids is 1. The van der Waals surface area contributed by atoms with Gasteiger partial charge in [-0.1, -0.05) is 373 Å². The number of aliphatic hydroxyl groups excluding tert-OH is 8. The van der Waals surface area contributed by atoms with Crippen molar-refractivity contribution in [2.24, 2.45) is 0 Å². The molecule has 14 heteroatoms. The Hall–Kier alpha value is -1.01. The summed E-state index contributed by atoms with van der Waals surface area (Å²) in [4.78, 5) is 13.4. The molecule has 2 aliphatic rings. The van der Waals surface area contributed by atoms with Crippen LogP contribution in [0.1, 0.15) is 393 Å². The molecule has 12 unspecified atom stereocenters. The molecule has 0 bridgehead atoms. The minimum Gasteiger partial charge on any atom is -0.394 e. The summed E-state index contributed by atoms with van der Waals surface area (Å²) < 4.78 is 23.0. The van der Waals surface area contributed by atoms with Crippen LogP contribution < -0.4 is 5.32 Å². The SMILES string of the molecule is CCCCCCCCCCCCCCCCCCCCCCCCCCCCCCCCCCCCCCCC(=O)NC(COC1OC(CO)C(OC2OC(CO)C(O)C(O)C2O)C(O)C1O)C(O)CCCCCCCCCCCCCCCCCCCCCC. The van der Waals surface area contributed by atoms with Crippen molar-refractivity contribution in [3.05, 3.63) is 0 Å². The van der Waals surface area contributed by atoms with Gasteiger partial charge in [-0.25, -0.2) is 0 Å². The minimum atomic E-state index is -1.78. The van der Waals surface area contributed by atoms with Crippen LogP contribution in [0.4, 0.5) is 0 Å². The van der Waals surface area contributed by atoms with Crippen molar-refractivity contribution < 1.29 is 64.6 Å². The molecule has 2 saturated heterocycles. The maximum absolute atomic E-state index is 13.4. The number of ether oxygens (including phenoxy) is 4. The molecule has 12 atom stereocenters. The quantitative estimate of drug-likeness (QED) is 0.0259. The number of hydrogen-bond donors (Lipinski definition) is 9. The van der Waals surface area contributed by atoms with Crippen molar-refractivity contribution in [1.29, 1.82) is 0 Å². The molecule has 2 heterocycles. The zero-order valence-corrected chi connectivity index (χ0v) is 59.4. The van der Waals surface area contributed by atoms with Crippen LogP contribution in [-0.2, 0) is 23.7 Å². The molecule has 542 valence electrons. The van der Waals surface area contributed by atoms with Crippen LogP contribution in [0.5, 0.6) is 0 Å². The fraction of sp³-hybridized carbons (Fsp3) is 0.987. The molecule has 2 rings (SSSR count). The maximum Gasteiger partial charge on any atom is 0.220 e. The van der Waals surface area contributed by atoms with Gasteiger partial charge in [0.05, 0.1) is 32.0 Å². The monoisotopic (exact) mass is 1300 g/mol. The van der Waals surface area contributed by atoms with Gasteiger partial charge in [-0.3, -0.25) is 4.79 Å². The lowest BCUT2D eigenvalue weighted by molar-refractivity contribution is -0.359. The van der Waals surface area contributed by atoms with Crippen LogP contribution in [0.25, 0.3) is 0 Å². The lowest BCUT2D eigenvalue weighted by Gasteiger charge is -2.46. The fourth-order valence-electron chi connectivity index (χ4n) is 13.8. The van der Waals surface area contributed by atoms with Gasteiger partial charge in [-0.05, 0) is 12.8 Å². The van der Waals surface area contributed by atoms with E-state index in [1.165, 1.54) is 315 Å². The van der Waals surface area contributed by atoms with E-state index in [0.717, 1.165) is 51.4 Å². The molecule has 0 radical (unpaired) electrons. The zero-order valence-electron chi connectivity index (χ0n) is 59.4. The second-order valence-corrected chi connectivity index (χ2v) is 28.6. The van der Waals surface area contributed by atoms with E-state index in [1.807, 2.05) is 0 Å². The molecule has 2 aliphatic heterocycles. The average Bonchev–Trinajstić information content (AvgIpc) is 1.04. The van der Waals surface area contributed by atoms with E-state index in [-0.39, 0.29) is 12.5 Å². The van der Waals surface area contributed by atoms with Crippen molar-refractivity contribution in [1.82, 2.24) is 5.32 Å². The largest absolute Gasteiger partial charge is 0.394 e. The Morgan fingerprint density at radius 1 is 0.352 bits per heavy atom. The number of nitrogens with one attached hydrogen (secondary N) is 1. The van der Waals surface area contributed by atoms with Gasteiger partial charge in [-0.15, -0.1) is 0 Å². The molecule has 91 heavy (non-hydrogen) atoms. The molecule has 9 N–H and O–H groups in total. The Labute approximate surface area is 559 Å². The molecule has 0 aliphatic carbocycles. The summed E-state index contributed by atoms with van der Waals surface area (Å²) >= 11 is 0. The third kappa shape index (κ3) is 46.0. The zero-order chi connectivity index (χ0) is 65.9. The summed E-state index contributed by atoms with van der Waals surface area (Å²) in [5.41, 5.74) is 0. The van der Waals surface area contributed by atoms with Crippen molar-refractivity contribution in [3.63, 3.8) is 0 Å². The normalized spacial score (nSPS) is 22.7. The van der Waals surface area contributed by atoms with E-state index in [4.69, 9.17) is 18.9 Å². The summed E-state index contributed by atoms with van der Waals surface area (Å²) in [7, 11) is 0. The smallest absolute Gasteiger partial charge is 0.220 e. The van der Waals surface area contributed by atoms with Gasteiger partial charge in [0.2, 0.25) is 5.91 Å². The number of carbonyl (C=O) groups is 1. The highest BCUT2D eigenvalue weighted by Crippen LogP contribution is 2.31. The topological polar surface area (TPSA) is 228 Å². The first kappa shape index (κ1) is 86.1. The Morgan fingerprint density at radius 2 is 0.626 bits per heavy atom. The van der Waals surface area contributed by atoms with E-state index in [2.05, 4.69) is 19.2 Å². The number of hydrogen-bond acceptors (Lipinski definition) is 13. The lowest BCUT2D eigenvalue weighted by atomic mass is 9.97. The molecular formula is C77H151NO13. The van der Waals surface area contributed by atoms with Gasteiger partial charge in [0.15, 0.2) is 12.6 Å². The van der Waals surface area contributed by atoms with E-state index in [9.17, 15) is 45.6 Å². The molecule has 2 fully saturated rings. The van der Waals surface area contributed by atoms with Gasteiger partial charge in [0.1, 0.15) is 48.8 Å². The summed E-state index contributed by atoms with van der Waals surface area (Å²) in [5.74, 6) is -0.196. The molecular weight excluding hydrogens is 1150 g/mol. The van der Waals surface area contributed by atoms with Crippen molar-refractivity contribution in [2.45, 2.75) is 466 Å². The standard InChI is InChI=1S/C77H151NO13/c1-3-5-7-9-11-13-15-17-19-21-23-25-26-27-28-29-30-31-32-33-34-35-36-37-38-39-40-41-43-45-47-49-51-53-55-57-59-61-69(82)78-65(66(81)60-58-56-54-52-50-48-46-44-42-24-22-20-18-16-14-12-10-8-6-4-2)64-88-76-74(87)72(85)75(68(63-80)90-76)91-77-73(86)71(84)70(83)67(62-79)89-77/h65-68,70-77,79-81,83-87H,3-64H2,1-2H3,(H,78,82). The van der Waals surface area contributed by atoms with Gasteiger partial charge in [0.25, 0.3) is 0 Å². The predicted molar refractivity (Wildman–Crippen MR) is 374 cm³/mol. The summed E-state index contributed by atoms with van der Waals surface area (Å²) in [6, 6.07) is -0.825. The average molecular weight is 1300 g/mol. The van der Waals surface area contributed by atoms with E-state index >= 15 is 0 Å². The third-order valence-corrected chi connectivity index (χ3v) is 20.1. The first-order valence-corrected chi connectivity index (χ1v) is 39.8. The van der Waals surface area contributed by atoms with Crippen LogP contribution in [0.2, 0.25) is 0 Å². The lowest BCUT2D eigenvalue weighted by Crippen LogP contribution is -2.65. The highest BCUT2D eigenvalue weighted by Gasteiger charge is 2.51. The van der Waals surface area contributed by atoms with Crippen molar-refractivity contribution >= 4 is 5.91 Å². The highest BCUT2D eigenvalue weighted by molar-refractivity contribution is 5.76. The Bertz CT molecular complexity index is 1530. The maximum atomic E-state index is 13.4. The Balaban J connectivity index is 1.56. The van der Waals surface area contributed by atoms with Gasteiger partial charge >= 0.3 is 0 Å². The van der Waals surface area contributed by atoms with E-state index in [1.54, 1.807) is 0 Å². The number of unbranched alkanes of at least 4 members (excludes halogenated alkanes) is 55. The van der Waals surface area contributed by atoms with Gasteiger partial charge in [-0.2, -0.15) is 0 Å². The Kier molecular flexibility index (Phi) is 59.1. The summed E-state index contributed by atoms with van der Waals surface area (Å²) in [5, 5.41) is 87.7. The summed E-state index contributed by atoms with van der Waals surface area (Å²) in [6.45, 7) is 2.94. The van der Waals surface area contributed by atoms with Crippen molar-refractivity contribution in [3.8, 4) is 0 Å². The molecule has 0 aromatic carbocycles. The van der Waals surface area contributed by atoms with E-state index in [0.29, 0.717) is 12.8 Å². The van der Waals surface area contributed by atoms with Crippen LogP contribution in [0.3, 0.4) is 0 Å². The molecule has 0 aromatic rings. The van der Waals surface area contributed by atoms with E-state index < -0.39 is 86.8 Å². The van der Waals surface area contributed by atoms with Crippen molar-refractivity contribution in [2.75, 3.05) is 19.8 Å². The summed E-state index contributed by atoms with van der Waals surface area (Å²) in [6.07, 6.45) is 60.2. The first-order chi connectivity index (χ1) is 44.6. The molecule has 14 nitrogen and oxygen atoms in total. The predicted octanol–water partition coefficient (Wildman–Crippen LogP) is 17.5. The fourth-order valence-corrected chi connectivity index (χ4v) is 13.8. The third-order valence-electron chi connectivity index (χ3n) is 20.1. The van der Waals surface area contributed by atoms with Gasteiger partial charge < -0.3 is 65.1 Å². The highest BCUT2D eigenvalue weighted by atomic mass is 16.7. The van der Waals surface area contributed by atoms with Crippen LogP contribution in [0, 0.1) is 0 Å². The van der Waals surface area contributed by atoms with Gasteiger partial charge in [0, 0.05) is 6.42 Å². The number of amides is 1. The first-order valence-electron chi connectivity index (χ1n) is 39.8. The second-order valence-electron chi connectivity index (χ2n) is 28.6. The minimum absolute atomic E-state index is 0.196. The second kappa shape index (κ2) is 62.5. The molecule has 0 aromatic heterocycles. The number of aliphatic hydroxyl groups is 8. The van der Waals surface area contributed by atoms with Crippen LogP contribution in [-0.4, -0.2) is 140 Å². The number of rotatable bonds is 68. The van der Waals surface area contributed by atoms with Crippen LogP contribution in [0.15, 0.2) is 0 Å². The molecule has 1 amide bonds. The van der Waals surface area contributed by atoms with Crippen LogP contribution >= 0.6 is 0 Å². The molecule has 0 spiro atoms. The molecule has 0 saturated carbocycles.